The lowest BCUT2D eigenvalue weighted by Gasteiger charge is -2.53. The molecular weight excluding hydrogens is 361 g/mol. The molecule has 2 aliphatic rings. The summed E-state index contributed by atoms with van der Waals surface area (Å²) in [7, 11) is -3.55. The van der Waals surface area contributed by atoms with Crippen LogP contribution in [0.3, 0.4) is 0 Å². The molecular formula is C15H21F3N2O2S2. The number of nitrogens with zero attached hydrogens (tertiary/aromatic N) is 2. The molecule has 1 saturated carbocycles. The second kappa shape index (κ2) is 6.25. The third kappa shape index (κ3) is 3.35. The van der Waals surface area contributed by atoms with Crippen LogP contribution in [0.15, 0.2) is 5.51 Å². The van der Waals surface area contributed by atoms with Crippen LogP contribution in [0.1, 0.15) is 36.3 Å². The van der Waals surface area contributed by atoms with Gasteiger partial charge in [-0.3, -0.25) is 0 Å². The maximum atomic E-state index is 13.3. The molecule has 1 saturated heterocycles. The zero-order valence-electron chi connectivity index (χ0n) is 13.5. The number of thiazole rings is 1. The first-order valence-corrected chi connectivity index (χ1v) is 10.6. The Labute approximate surface area is 144 Å². The molecule has 4 nitrogen and oxygen atoms in total. The third-order valence-electron chi connectivity index (χ3n) is 5.47. The van der Waals surface area contributed by atoms with Crippen molar-refractivity contribution in [1.82, 2.24) is 9.29 Å². The summed E-state index contributed by atoms with van der Waals surface area (Å²) >= 11 is 1.41. The molecule has 3 rings (SSSR count). The van der Waals surface area contributed by atoms with Crippen LogP contribution in [0, 0.1) is 18.3 Å². The van der Waals surface area contributed by atoms with Crippen LogP contribution < -0.4 is 0 Å². The van der Waals surface area contributed by atoms with E-state index in [9.17, 15) is 21.6 Å². The van der Waals surface area contributed by atoms with E-state index in [1.807, 2.05) is 6.92 Å². The van der Waals surface area contributed by atoms with Crippen LogP contribution in [-0.2, 0) is 16.4 Å². The summed E-state index contributed by atoms with van der Waals surface area (Å²) in [6, 6.07) is 0. The number of piperidine rings is 1. The fourth-order valence-electron chi connectivity index (χ4n) is 3.92. The van der Waals surface area contributed by atoms with Gasteiger partial charge >= 0.3 is 6.18 Å². The van der Waals surface area contributed by atoms with Crippen LogP contribution in [0.4, 0.5) is 13.2 Å². The minimum atomic E-state index is -4.24. The van der Waals surface area contributed by atoms with Gasteiger partial charge in [0.2, 0.25) is 10.0 Å². The second-order valence-corrected chi connectivity index (χ2v) is 9.89. The van der Waals surface area contributed by atoms with Crippen molar-refractivity contribution < 1.29 is 21.6 Å². The molecule has 1 aliphatic heterocycles. The maximum absolute atomic E-state index is 13.3. The average Bonchev–Trinajstić information content (AvgIpc) is 2.87. The Morgan fingerprint density at radius 2 is 2.12 bits per heavy atom. The van der Waals surface area contributed by atoms with Gasteiger partial charge in [-0.15, -0.1) is 11.3 Å². The molecule has 1 atom stereocenters. The Morgan fingerprint density at radius 3 is 2.62 bits per heavy atom. The maximum Gasteiger partial charge on any atom is 0.392 e. The highest BCUT2D eigenvalue weighted by molar-refractivity contribution is 7.89. The van der Waals surface area contributed by atoms with Crippen molar-refractivity contribution in [2.75, 3.05) is 18.8 Å². The first-order chi connectivity index (χ1) is 11.1. The number of aromatic nitrogens is 1. The summed E-state index contributed by atoms with van der Waals surface area (Å²) in [5, 5.41) is 0. The predicted octanol–water partition coefficient (Wildman–Crippen LogP) is 3.38. The van der Waals surface area contributed by atoms with Gasteiger partial charge in [0.15, 0.2) is 0 Å². The molecule has 0 N–H and O–H groups in total. The number of hydrogen-bond acceptors (Lipinski definition) is 4. The van der Waals surface area contributed by atoms with E-state index in [0.29, 0.717) is 19.3 Å². The molecule has 0 radical (unpaired) electrons. The minimum Gasteiger partial charge on any atom is -0.250 e. The van der Waals surface area contributed by atoms with Gasteiger partial charge in [-0.1, -0.05) is 6.42 Å². The van der Waals surface area contributed by atoms with Crippen LogP contribution in [0.2, 0.25) is 0 Å². The van der Waals surface area contributed by atoms with Crippen molar-refractivity contribution in [1.29, 1.82) is 0 Å². The number of sulfonamides is 1. The average molecular weight is 382 g/mol. The molecule has 0 unspecified atom stereocenters. The van der Waals surface area contributed by atoms with Crippen molar-refractivity contribution in [3.05, 3.63) is 16.1 Å². The molecule has 1 spiro atoms. The minimum absolute atomic E-state index is 0.0151. The SMILES string of the molecule is Cc1ncsc1CCS(=O)(=O)N1CC[C@@H](C(F)(F)F)C2(CCC2)C1. The highest BCUT2D eigenvalue weighted by atomic mass is 32.2. The molecule has 136 valence electrons. The van der Waals surface area contributed by atoms with E-state index >= 15 is 0 Å². The standard InChI is InChI=1S/C15H21F3N2O2S2/c1-11-12(23-10-19-11)4-8-24(21,22)20-7-3-13(15(16,17)18)14(9-20)5-2-6-14/h10,13H,2-9H2,1H3/t13-/m1/s1. The first kappa shape index (κ1) is 18.1. The van der Waals surface area contributed by atoms with Crippen molar-refractivity contribution >= 4 is 21.4 Å². The third-order valence-corrected chi connectivity index (χ3v) is 8.28. The predicted molar refractivity (Wildman–Crippen MR) is 86.4 cm³/mol. The molecule has 0 bridgehead atoms. The number of aryl methyl sites for hydroxylation is 2. The van der Waals surface area contributed by atoms with Crippen molar-refractivity contribution in [3.8, 4) is 0 Å². The normalized spacial score (nSPS) is 24.9. The van der Waals surface area contributed by atoms with Gasteiger partial charge in [0, 0.05) is 18.0 Å². The highest BCUT2D eigenvalue weighted by Crippen LogP contribution is 2.56. The zero-order chi connectivity index (χ0) is 17.6. The molecule has 1 aromatic heterocycles. The van der Waals surface area contributed by atoms with E-state index in [1.165, 1.54) is 15.6 Å². The Balaban J connectivity index is 1.70. The highest BCUT2D eigenvalue weighted by Gasteiger charge is 2.59. The molecule has 1 aromatic rings. The zero-order valence-corrected chi connectivity index (χ0v) is 15.1. The number of rotatable bonds is 4. The molecule has 0 aromatic carbocycles. The Kier molecular flexibility index (Phi) is 4.72. The van der Waals surface area contributed by atoms with E-state index in [0.717, 1.165) is 17.0 Å². The fourth-order valence-corrected chi connectivity index (χ4v) is 6.39. The topological polar surface area (TPSA) is 50.3 Å². The lowest BCUT2D eigenvalue weighted by Crippen LogP contribution is -2.58. The molecule has 1 aliphatic carbocycles. The Hall–Kier alpha value is -0.670. The van der Waals surface area contributed by atoms with E-state index in [2.05, 4.69) is 4.98 Å². The van der Waals surface area contributed by atoms with E-state index < -0.39 is 27.5 Å². The summed E-state index contributed by atoms with van der Waals surface area (Å²) in [6.07, 6.45) is -2.31. The summed E-state index contributed by atoms with van der Waals surface area (Å²) in [5.74, 6) is -1.43. The van der Waals surface area contributed by atoms with Gasteiger partial charge in [0.25, 0.3) is 0 Å². The second-order valence-electron chi connectivity index (χ2n) is 6.86. The Morgan fingerprint density at radius 1 is 1.42 bits per heavy atom. The van der Waals surface area contributed by atoms with Gasteiger partial charge in [0.1, 0.15) is 0 Å². The van der Waals surface area contributed by atoms with Crippen molar-refractivity contribution in [2.45, 2.75) is 45.2 Å². The number of hydrogen-bond donors (Lipinski definition) is 0. The lowest BCUT2D eigenvalue weighted by atomic mass is 9.58. The number of halogens is 3. The van der Waals surface area contributed by atoms with Crippen LogP contribution >= 0.6 is 11.3 Å². The largest absolute Gasteiger partial charge is 0.392 e. The summed E-state index contributed by atoms with van der Waals surface area (Å²) in [5.41, 5.74) is 1.60. The van der Waals surface area contributed by atoms with E-state index in [1.54, 1.807) is 5.51 Å². The molecule has 9 heteroatoms. The van der Waals surface area contributed by atoms with Crippen LogP contribution in [0.25, 0.3) is 0 Å². The summed E-state index contributed by atoms with van der Waals surface area (Å²) < 4.78 is 66.4. The van der Waals surface area contributed by atoms with E-state index in [4.69, 9.17) is 0 Å². The van der Waals surface area contributed by atoms with Gasteiger partial charge in [-0.2, -0.15) is 13.2 Å². The van der Waals surface area contributed by atoms with Gasteiger partial charge in [-0.05, 0) is 38.0 Å². The van der Waals surface area contributed by atoms with Gasteiger partial charge in [0.05, 0.1) is 22.9 Å². The summed E-state index contributed by atoms with van der Waals surface area (Å²) in [6.45, 7) is 1.81. The molecule has 2 fully saturated rings. The van der Waals surface area contributed by atoms with E-state index in [-0.39, 0.29) is 25.3 Å². The van der Waals surface area contributed by atoms with Crippen LogP contribution in [0.5, 0.6) is 0 Å². The Bertz CT molecular complexity index is 696. The quantitative estimate of drug-likeness (QED) is 0.802. The molecule has 24 heavy (non-hydrogen) atoms. The number of alkyl halides is 3. The van der Waals surface area contributed by atoms with Crippen molar-refractivity contribution in [2.24, 2.45) is 11.3 Å². The summed E-state index contributed by atoms with van der Waals surface area (Å²) in [4.78, 5) is 5.02. The molecule has 2 heterocycles. The molecule has 0 amide bonds. The van der Waals surface area contributed by atoms with Gasteiger partial charge < -0.3 is 0 Å². The van der Waals surface area contributed by atoms with Gasteiger partial charge in [-0.25, -0.2) is 17.7 Å². The first-order valence-electron chi connectivity index (χ1n) is 8.08. The fraction of sp³-hybridized carbons (Fsp3) is 0.800. The van der Waals surface area contributed by atoms with Crippen molar-refractivity contribution in [3.63, 3.8) is 0 Å². The smallest absolute Gasteiger partial charge is 0.250 e. The lowest BCUT2D eigenvalue weighted by molar-refractivity contribution is -0.233. The van der Waals surface area contributed by atoms with Crippen LogP contribution in [-0.4, -0.2) is 42.7 Å². The monoisotopic (exact) mass is 382 g/mol.